The average molecular weight is 503 g/mol. The van der Waals surface area contributed by atoms with Crippen molar-refractivity contribution >= 4 is 23.6 Å². The van der Waals surface area contributed by atoms with Crippen LogP contribution < -0.4 is 26.2 Å². The van der Waals surface area contributed by atoms with Gasteiger partial charge in [-0.2, -0.15) is 0 Å². The Balaban J connectivity index is 1.81. The van der Waals surface area contributed by atoms with E-state index in [4.69, 9.17) is 4.74 Å². The summed E-state index contributed by atoms with van der Waals surface area (Å²) < 4.78 is 5.77. The summed E-state index contributed by atoms with van der Waals surface area (Å²) >= 11 is 0. The van der Waals surface area contributed by atoms with E-state index in [-0.39, 0.29) is 30.8 Å². The van der Waals surface area contributed by atoms with Crippen LogP contribution in [0.25, 0.3) is 0 Å². The first kappa shape index (κ1) is 27.4. The highest BCUT2D eigenvalue weighted by molar-refractivity contribution is 5.93. The number of carbonyl (C=O) groups excluding carboxylic acids is 4. The molecule has 2 bridgehead atoms. The number of nitrogens with one attached hydrogen (secondary N) is 4. The van der Waals surface area contributed by atoms with Crippen molar-refractivity contribution in [1.29, 1.82) is 0 Å². The minimum absolute atomic E-state index is 0.0964. The van der Waals surface area contributed by atoms with Crippen LogP contribution in [0.2, 0.25) is 0 Å². The van der Waals surface area contributed by atoms with Crippen molar-refractivity contribution in [1.82, 2.24) is 21.4 Å². The van der Waals surface area contributed by atoms with Crippen LogP contribution in [-0.2, 0) is 25.6 Å². The van der Waals surface area contributed by atoms with E-state index in [9.17, 15) is 24.4 Å². The molecule has 198 valence electrons. The minimum Gasteiger partial charge on any atom is -0.494 e. The number of benzene rings is 1. The monoisotopic (exact) mass is 502 g/mol. The summed E-state index contributed by atoms with van der Waals surface area (Å²) in [5, 5.41) is 17.7. The van der Waals surface area contributed by atoms with Gasteiger partial charge >= 0.3 is 0 Å². The fourth-order valence-electron chi connectivity index (χ4n) is 4.62. The van der Waals surface area contributed by atoms with Crippen molar-refractivity contribution < 1.29 is 29.1 Å². The Morgan fingerprint density at radius 3 is 2.42 bits per heavy atom. The Labute approximate surface area is 211 Å². The third-order valence-electron chi connectivity index (χ3n) is 6.81. The quantitative estimate of drug-likeness (QED) is 0.282. The van der Waals surface area contributed by atoms with Gasteiger partial charge in [0.25, 0.3) is 0 Å². The van der Waals surface area contributed by atoms with Gasteiger partial charge in [0.05, 0.1) is 19.1 Å². The third-order valence-corrected chi connectivity index (χ3v) is 6.81. The second-order valence-corrected chi connectivity index (χ2v) is 10.1. The maximum atomic E-state index is 13.5. The normalized spacial score (nSPS) is 23.0. The summed E-state index contributed by atoms with van der Waals surface area (Å²) in [5.74, 6) is -2.61. The molecule has 3 aliphatic rings. The summed E-state index contributed by atoms with van der Waals surface area (Å²) in [5.41, 5.74) is 2.51. The molecule has 5 N–H and O–H groups in total. The number of amides is 4. The molecule has 0 unspecified atom stereocenters. The zero-order valence-electron chi connectivity index (χ0n) is 21.0. The fourth-order valence-corrected chi connectivity index (χ4v) is 4.62. The molecule has 10 heteroatoms. The van der Waals surface area contributed by atoms with Crippen LogP contribution in [0.3, 0.4) is 0 Å². The van der Waals surface area contributed by atoms with Gasteiger partial charge in [0.2, 0.25) is 23.6 Å². The maximum absolute atomic E-state index is 13.5. The molecule has 1 saturated carbocycles. The predicted molar refractivity (Wildman–Crippen MR) is 132 cm³/mol. The molecule has 2 heterocycles. The van der Waals surface area contributed by atoms with Gasteiger partial charge in [0, 0.05) is 18.4 Å². The van der Waals surface area contributed by atoms with Gasteiger partial charge in [-0.25, -0.2) is 5.48 Å². The molecule has 4 amide bonds. The molecule has 0 spiro atoms. The molecule has 1 aromatic carbocycles. The molecule has 0 saturated heterocycles. The van der Waals surface area contributed by atoms with E-state index in [0.717, 1.165) is 24.8 Å². The first-order chi connectivity index (χ1) is 17.3. The van der Waals surface area contributed by atoms with Crippen LogP contribution in [0, 0.1) is 17.8 Å². The van der Waals surface area contributed by atoms with E-state index < -0.39 is 35.6 Å². The highest BCUT2D eigenvalue weighted by Gasteiger charge is 2.36. The summed E-state index contributed by atoms with van der Waals surface area (Å²) in [4.78, 5) is 51.3. The molecular formula is C26H38N4O6. The third kappa shape index (κ3) is 7.94. The largest absolute Gasteiger partial charge is 0.494 e. The first-order valence-electron chi connectivity index (χ1n) is 12.8. The zero-order chi connectivity index (χ0) is 26.1. The van der Waals surface area contributed by atoms with E-state index in [1.807, 2.05) is 26.0 Å². The van der Waals surface area contributed by atoms with Gasteiger partial charge in [0.15, 0.2) is 0 Å². The Kier molecular flexibility index (Phi) is 10.1. The van der Waals surface area contributed by atoms with E-state index in [0.29, 0.717) is 31.6 Å². The topological polar surface area (TPSA) is 146 Å². The van der Waals surface area contributed by atoms with Crippen molar-refractivity contribution in [2.45, 2.75) is 70.9 Å². The number of carbonyl (C=O) groups is 4. The number of hydroxylamine groups is 1. The van der Waals surface area contributed by atoms with Crippen LogP contribution in [-0.4, -0.2) is 54.1 Å². The van der Waals surface area contributed by atoms with Crippen molar-refractivity contribution in [3.8, 4) is 5.75 Å². The minimum atomic E-state index is -0.948. The Hall–Kier alpha value is -3.14. The number of ether oxygens (including phenoxy) is 1. The van der Waals surface area contributed by atoms with E-state index in [1.165, 1.54) is 0 Å². The van der Waals surface area contributed by atoms with Crippen LogP contribution in [0.5, 0.6) is 5.75 Å². The van der Waals surface area contributed by atoms with E-state index in [2.05, 4.69) is 16.0 Å². The van der Waals surface area contributed by atoms with Crippen LogP contribution >= 0.6 is 0 Å². The first-order valence-corrected chi connectivity index (χ1v) is 12.8. The lowest BCUT2D eigenvalue weighted by atomic mass is 9.81. The van der Waals surface area contributed by atoms with E-state index in [1.54, 1.807) is 17.6 Å². The molecule has 0 aromatic heterocycles. The van der Waals surface area contributed by atoms with Crippen molar-refractivity contribution in [3.63, 3.8) is 0 Å². The summed E-state index contributed by atoms with van der Waals surface area (Å²) in [6, 6.07) is 6.48. The lowest BCUT2D eigenvalue weighted by Gasteiger charge is -2.29. The van der Waals surface area contributed by atoms with Crippen LogP contribution in [0.15, 0.2) is 24.3 Å². The van der Waals surface area contributed by atoms with Crippen LogP contribution in [0.4, 0.5) is 0 Å². The number of fused-ring (bicyclic) bond motifs is 11. The predicted octanol–water partition coefficient (Wildman–Crippen LogP) is 1.46. The van der Waals surface area contributed by atoms with Gasteiger partial charge in [-0.3, -0.25) is 24.4 Å². The molecule has 1 aromatic rings. The molecular weight excluding hydrogens is 464 g/mol. The second kappa shape index (κ2) is 13.2. The lowest BCUT2D eigenvalue weighted by Crippen LogP contribution is -2.53. The molecule has 10 nitrogen and oxygen atoms in total. The number of rotatable bonds is 7. The maximum Gasteiger partial charge on any atom is 0.247 e. The Bertz CT molecular complexity index is 916. The fraction of sp³-hybridized carbons (Fsp3) is 0.615. The molecule has 0 radical (unpaired) electrons. The molecule has 1 fully saturated rings. The zero-order valence-corrected chi connectivity index (χ0v) is 21.0. The van der Waals surface area contributed by atoms with Gasteiger partial charge < -0.3 is 20.7 Å². The molecule has 1 aliphatic carbocycles. The van der Waals surface area contributed by atoms with Gasteiger partial charge in [-0.15, -0.1) is 0 Å². The summed E-state index contributed by atoms with van der Waals surface area (Å²) in [6.07, 6.45) is 4.40. The molecule has 4 rings (SSSR count). The summed E-state index contributed by atoms with van der Waals surface area (Å²) in [6.45, 7) is 4.07. The van der Waals surface area contributed by atoms with Crippen molar-refractivity contribution in [2.24, 2.45) is 17.8 Å². The average Bonchev–Trinajstić information content (AvgIpc) is 2.83. The number of hydrogen-bond donors (Lipinski definition) is 5. The van der Waals surface area contributed by atoms with Gasteiger partial charge in [-0.05, 0) is 62.1 Å². The van der Waals surface area contributed by atoms with E-state index >= 15 is 0 Å². The number of hydrogen-bond acceptors (Lipinski definition) is 6. The Morgan fingerprint density at radius 2 is 1.81 bits per heavy atom. The molecule has 2 aliphatic heterocycles. The second-order valence-electron chi connectivity index (χ2n) is 10.1. The van der Waals surface area contributed by atoms with Crippen molar-refractivity contribution in [2.75, 3.05) is 13.2 Å². The van der Waals surface area contributed by atoms with Gasteiger partial charge in [-0.1, -0.05) is 26.0 Å². The smallest absolute Gasteiger partial charge is 0.247 e. The molecule has 36 heavy (non-hydrogen) atoms. The lowest BCUT2D eigenvalue weighted by molar-refractivity contribution is -0.142. The van der Waals surface area contributed by atoms with Crippen molar-refractivity contribution in [3.05, 3.63) is 29.8 Å². The van der Waals surface area contributed by atoms with Crippen LogP contribution in [0.1, 0.15) is 57.9 Å². The summed E-state index contributed by atoms with van der Waals surface area (Å²) in [7, 11) is 0. The van der Waals surface area contributed by atoms with Gasteiger partial charge in [0.1, 0.15) is 11.8 Å². The molecule has 3 atom stereocenters. The highest BCUT2D eigenvalue weighted by atomic mass is 16.5. The highest BCUT2D eigenvalue weighted by Crippen LogP contribution is 2.27. The Morgan fingerprint density at radius 1 is 1.08 bits per heavy atom. The SMILES string of the molecule is CC(C)C[C@H]1C(=O)N[C@H](C(=O)NCC(=O)NC2CCC2)Cc2ccc(cc2)OCCC[C@@H]1C(=O)NO. The standard InChI is InChI=1S/C26H38N4O6/c1-16(2)13-21-20(25(33)30-35)7-4-12-36-19-10-8-17(9-11-19)14-22(29-24(21)32)26(34)27-15-23(31)28-18-5-3-6-18/h8-11,16,18,20-22,35H,3-7,12-15H2,1-2H3,(H,27,34)(H,28,31)(H,29,32)(H,30,33)/t20-,21+,22-/m0/s1.